The molecule has 1 amide bonds. The van der Waals surface area contributed by atoms with Crippen LogP contribution in [0.15, 0.2) is 0 Å². The Bertz CT molecular complexity index is 310. The fourth-order valence-corrected chi connectivity index (χ4v) is 3.95. The average Bonchev–Trinajstić information content (AvgIpc) is 2.95. The molecular formula is C13H21NO3. The summed E-state index contributed by atoms with van der Waals surface area (Å²) in [6.45, 7) is 0.613. The molecule has 2 aliphatic carbocycles. The van der Waals surface area contributed by atoms with Gasteiger partial charge in [0.2, 0.25) is 5.91 Å². The lowest BCUT2D eigenvalue weighted by Crippen LogP contribution is -2.32. The molecule has 0 aromatic heterocycles. The van der Waals surface area contributed by atoms with E-state index in [2.05, 4.69) is 0 Å². The molecule has 96 valence electrons. The number of carbonyl (C=O) groups excluding carboxylic acids is 1. The summed E-state index contributed by atoms with van der Waals surface area (Å²) < 4.78 is 0. The van der Waals surface area contributed by atoms with E-state index in [1.165, 1.54) is 25.7 Å². The molecule has 1 saturated heterocycles. The van der Waals surface area contributed by atoms with Crippen LogP contribution in [-0.4, -0.2) is 46.3 Å². The van der Waals surface area contributed by atoms with Gasteiger partial charge in [-0.05, 0) is 37.0 Å². The molecule has 2 N–H and O–H groups in total. The van der Waals surface area contributed by atoms with Crippen LogP contribution in [0.4, 0.5) is 0 Å². The van der Waals surface area contributed by atoms with Gasteiger partial charge in [0.1, 0.15) is 0 Å². The molecule has 2 bridgehead atoms. The van der Waals surface area contributed by atoms with Gasteiger partial charge in [0.15, 0.2) is 0 Å². The van der Waals surface area contributed by atoms with Gasteiger partial charge < -0.3 is 15.1 Å². The number of likely N-dealkylation sites (tertiary alicyclic amines) is 1. The second-order valence-electron chi connectivity index (χ2n) is 6.07. The number of nitrogens with zero attached hydrogens (tertiary/aromatic N) is 1. The monoisotopic (exact) mass is 239 g/mol. The summed E-state index contributed by atoms with van der Waals surface area (Å²) in [5, 5.41) is 18.9. The second-order valence-corrected chi connectivity index (χ2v) is 6.07. The Kier molecular flexibility index (Phi) is 2.87. The van der Waals surface area contributed by atoms with Gasteiger partial charge in [0.25, 0.3) is 0 Å². The lowest BCUT2D eigenvalue weighted by molar-refractivity contribution is -0.132. The Balaban J connectivity index is 1.54. The summed E-state index contributed by atoms with van der Waals surface area (Å²) in [6.07, 6.45) is 4.32. The highest BCUT2D eigenvalue weighted by Gasteiger charge is 2.41. The normalized spacial score (nSPS) is 44.6. The summed E-state index contributed by atoms with van der Waals surface area (Å²) >= 11 is 0. The number of aliphatic hydroxyl groups excluding tert-OH is 2. The highest BCUT2D eigenvalue weighted by molar-refractivity contribution is 5.77. The largest absolute Gasteiger partial charge is 0.388 e. The van der Waals surface area contributed by atoms with Crippen molar-refractivity contribution >= 4 is 5.91 Å². The van der Waals surface area contributed by atoms with E-state index in [4.69, 9.17) is 0 Å². The second kappa shape index (κ2) is 4.25. The van der Waals surface area contributed by atoms with Gasteiger partial charge in [-0.15, -0.1) is 0 Å². The van der Waals surface area contributed by atoms with E-state index >= 15 is 0 Å². The SMILES string of the molecule is O=C(CC1CC2CCC1C2)N1C[C@@H](O)[C@@H](O)C1. The number of β-amino-alcohol motifs (C(OH)–C–C–N with tert-alkyl or cyclic N) is 2. The van der Waals surface area contributed by atoms with Crippen molar-refractivity contribution in [1.29, 1.82) is 0 Å². The summed E-state index contributed by atoms with van der Waals surface area (Å²) in [7, 11) is 0. The highest BCUT2D eigenvalue weighted by Crippen LogP contribution is 2.49. The molecule has 3 aliphatic rings. The van der Waals surface area contributed by atoms with Gasteiger partial charge in [-0.3, -0.25) is 4.79 Å². The summed E-state index contributed by atoms with van der Waals surface area (Å²) in [5.41, 5.74) is 0. The van der Waals surface area contributed by atoms with Crippen LogP contribution in [0.2, 0.25) is 0 Å². The smallest absolute Gasteiger partial charge is 0.223 e. The van der Waals surface area contributed by atoms with Crippen molar-refractivity contribution in [3.8, 4) is 0 Å². The van der Waals surface area contributed by atoms with Gasteiger partial charge in [-0.2, -0.15) is 0 Å². The summed E-state index contributed by atoms with van der Waals surface area (Å²) in [4.78, 5) is 13.7. The lowest BCUT2D eigenvalue weighted by atomic mass is 9.86. The summed E-state index contributed by atoms with van der Waals surface area (Å²) in [5.74, 6) is 2.32. The molecule has 5 atom stereocenters. The molecule has 0 spiro atoms. The van der Waals surface area contributed by atoms with E-state index in [0.29, 0.717) is 25.4 Å². The zero-order chi connectivity index (χ0) is 12.0. The number of amides is 1. The molecule has 3 fully saturated rings. The van der Waals surface area contributed by atoms with Crippen molar-refractivity contribution in [3.05, 3.63) is 0 Å². The molecule has 0 radical (unpaired) electrons. The zero-order valence-corrected chi connectivity index (χ0v) is 10.1. The van der Waals surface area contributed by atoms with Crippen LogP contribution < -0.4 is 0 Å². The number of aliphatic hydroxyl groups is 2. The zero-order valence-electron chi connectivity index (χ0n) is 10.1. The molecule has 3 rings (SSSR count). The Morgan fingerprint density at radius 1 is 1.12 bits per heavy atom. The fraction of sp³-hybridized carbons (Fsp3) is 0.923. The molecule has 1 heterocycles. The summed E-state index contributed by atoms with van der Waals surface area (Å²) in [6, 6.07) is 0. The number of hydrogen-bond acceptors (Lipinski definition) is 3. The molecule has 4 heteroatoms. The fourth-order valence-electron chi connectivity index (χ4n) is 3.95. The minimum atomic E-state index is -0.751. The van der Waals surface area contributed by atoms with Crippen LogP contribution in [-0.2, 0) is 4.79 Å². The Morgan fingerprint density at radius 3 is 2.35 bits per heavy atom. The number of rotatable bonds is 2. The van der Waals surface area contributed by atoms with Crippen LogP contribution in [0.5, 0.6) is 0 Å². The first-order chi connectivity index (χ1) is 8.13. The molecule has 1 aliphatic heterocycles. The van der Waals surface area contributed by atoms with Gasteiger partial charge in [-0.1, -0.05) is 6.42 Å². The van der Waals surface area contributed by atoms with Gasteiger partial charge in [0.05, 0.1) is 12.2 Å². The Morgan fingerprint density at radius 2 is 1.82 bits per heavy atom. The van der Waals surface area contributed by atoms with Gasteiger partial charge >= 0.3 is 0 Å². The van der Waals surface area contributed by atoms with E-state index in [-0.39, 0.29) is 5.91 Å². The Hall–Kier alpha value is -0.610. The maximum Gasteiger partial charge on any atom is 0.223 e. The minimum absolute atomic E-state index is 0.123. The standard InChI is InChI=1S/C13H21NO3/c15-11-6-14(7-12(11)16)13(17)5-10-4-8-1-2-9(10)3-8/h8-12,15-16H,1-7H2/t8?,9?,10?,11-,12+. The van der Waals surface area contributed by atoms with Crippen LogP contribution in [0.3, 0.4) is 0 Å². The quantitative estimate of drug-likeness (QED) is 0.732. The van der Waals surface area contributed by atoms with Crippen LogP contribution in [0, 0.1) is 17.8 Å². The van der Waals surface area contributed by atoms with E-state index in [1.54, 1.807) is 4.90 Å². The Labute approximate surface area is 102 Å². The van der Waals surface area contributed by atoms with Gasteiger partial charge in [-0.25, -0.2) is 0 Å². The third kappa shape index (κ3) is 2.08. The maximum atomic E-state index is 12.1. The van der Waals surface area contributed by atoms with Gasteiger partial charge in [0, 0.05) is 19.5 Å². The lowest BCUT2D eigenvalue weighted by Gasteiger charge is -2.24. The average molecular weight is 239 g/mol. The van der Waals surface area contributed by atoms with Crippen molar-refractivity contribution in [2.24, 2.45) is 17.8 Å². The van der Waals surface area contributed by atoms with Crippen LogP contribution >= 0.6 is 0 Å². The molecule has 0 aromatic rings. The van der Waals surface area contributed by atoms with Crippen molar-refractivity contribution < 1.29 is 15.0 Å². The molecule has 2 saturated carbocycles. The van der Waals surface area contributed by atoms with Crippen molar-refractivity contribution in [3.63, 3.8) is 0 Å². The number of carbonyl (C=O) groups is 1. The number of fused-ring (bicyclic) bond motifs is 2. The van der Waals surface area contributed by atoms with Crippen LogP contribution in [0.1, 0.15) is 32.1 Å². The molecule has 17 heavy (non-hydrogen) atoms. The third-order valence-corrected chi connectivity index (χ3v) is 4.93. The molecule has 4 nitrogen and oxygen atoms in total. The van der Waals surface area contributed by atoms with Crippen LogP contribution in [0.25, 0.3) is 0 Å². The molecule has 0 aromatic carbocycles. The van der Waals surface area contributed by atoms with E-state index < -0.39 is 12.2 Å². The first-order valence-electron chi connectivity index (χ1n) is 6.77. The molecular weight excluding hydrogens is 218 g/mol. The number of hydrogen-bond donors (Lipinski definition) is 2. The predicted octanol–water partition coefficient (Wildman–Crippen LogP) is 0.377. The topological polar surface area (TPSA) is 60.8 Å². The van der Waals surface area contributed by atoms with Crippen molar-refractivity contribution in [2.45, 2.75) is 44.3 Å². The van der Waals surface area contributed by atoms with Crippen molar-refractivity contribution in [1.82, 2.24) is 4.90 Å². The van der Waals surface area contributed by atoms with E-state index in [9.17, 15) is 15.0 Å². The third-order valence-electron chi connectivity index (χ3n) is 4.93. The van der Waals surface area contributed by atoms with E-state index in [0.717, 1.165) is 11.8 Å². The van der Waals surface area contributed by atoms with E-state index in [1.807, 2.05) is 0 Å². The highest BCUT2D eigenvalue weighted by atomic mass is 16.3. The minimum Gasteiger partial charge on any atom is -0.388 e. The predicted molar refractivity (Wildman–Crippen MR) is 62.1 cm³/mol. The maximum absolute atomic E-state index is 12.1. The first kappa shape index (κ1) is 11.5. The van der Waals surface area contributed by atoms with Crippen molar-refractivity contribution in [2.75, 3.05) is 13.1 Å². The first-order valence-corrected chi connectivity index (χ1v) is 6.77. The molecule has 3 unspecified atom stereocenters.